The van der Waals surface area contributed by atoms with Crippen molar-refractivity contribution in [2.24, 2.45) is 5.92 Å². The number of methoxy groups -OCH3 is 1. The Labute approximate surface area is 152 Å². The number of piperidine rings is 1. The summed E-state index contributed by atoms with van der Waals surface area (Å²) in [5.74, 6) is -0.921. The van der Waals surface area contributed by atoms with Crippen molar-refractivity contribution < 1.29 is 23.5 Å². The highest BCUT2D eigenvalue weighted by molar-refractivity contribution is 5.83. The average Bonchev–Trinajstić information content (AvgIpc) is 2.64. The van der Waals surface area contributed by atoms with E-state index in [4.69, 9.17) is 0 Å². The molecule has 1 N–H and O–H groups in total. The molecule has 2 rings (SSSR count). The molecule has 142 valence electrons. The zero-order valence-electron chi connectivity index (χ0n) is 15.0. The van der Waals surface area contributed by atoms with Crippen LogP contribution in [0.1, 0.15) is 31.2 Å². The molecule has 0 spiro atoms. The highest BCUT2D eigenvalue weighted by Crippen LogP contribution is 2.18. The van der Waals surface area contributed by atoms with Gasteiger partial charge in [0.25, 0.3) is 0 Å². The number of rotatable bonds is 8. The molecule has 26 heavy (non-hydrogen) atoms. The van der Waals surface area contributed by atoms with Gasteiger partial charge in [-0.15, -0.1) is 0 Å². The molecule has 0 aliphatic carbocycles. The lowest BCUT2D eigenvalue weighted by Crippen LogP contribution is -2.46. The summed E-state index contributed by atoms with van der Waals surface area (Å²) in [4.78, 5) is 37.1. The third-order valence-corrected chi connectivity index (χ3v) is 4.51. The number of hydrogen-bond donors (Lipinski definition) is 1. The number of nitrogens with one attached hydrogen (secondary N) is 1. The van der Waals surface area contributed by atoms with Crippen molar-refractivity contribution in [1.29, 1.82) is 0 Å². The number of carbonyl (C=O) groups excluding carboxylic acids is 3. The molecule has 1 aromatic carbocycles. The van der Waals surface area contributed by atoms with E-state index in [9.17, 15) is 18.8 Å². The molecule has 6 nitrogen and oxygen atoms in total. The number of hydrogen-bond acceptors (Lipinski definition) is 4. The average molecular weight is 364 g/mol. The Morgan fingerprint density at radius 2 is 2.19 bits per heavy atom. The molecule has 1 fully saturated rings. The van der Waals surface area contributed by atoms with Crippen LogP contribution in [0.15, 0.2) is 24.3 Å². The number of likely N-dealkylation sites (tertiary alicyclic amines) is 1. The predicted molar refractivity (Wildman–Crippen MR) is 93.7 cm³/mol. The molecule has 2 amide bonds. The molecular weight excluding hydrogens is 339 g/mol. The highest BCUT2D eigenvalue weighted by Gasteiger charge is 2.29. The van der Waals surface area contributed by atoms with Gasteiger partial charge in [0.15, 0.2) is 0 Å². The van der Waals surface area contributed by atoms with Gasteiger partial charge in [0, 0.05) is 32.5 Å². The van der Waals surface area contributed by atoms with E-state index in [-0.39, 0.29) is 35.9 Å². The fourth-order valence-electron chi connectivity index (χ4n) is 2.99. The van der Waals surface area contributed by atoms with Crippen molar-refractivity contribution in [3.05, 3.63) is 35.6 Å². The predicted octanol–water partition coefficient (Wildman–Crippen LogP) is 1.68. The second-order valence-electron chi connectivity index (χ2n) is 6.43. The first-order valence-electron chi connectivity index (χ1n) is 8.86. The van der Waals surface area contributed by atoms with Crippen molar-refractivity contribution in [1.82, 2.24) is 10.2 Å². The zero-order chi connectivity index (χ0) is 18.9. The Morgan fingerprint density at radius 1 is 1.38 bits per heavy atom. The van der Waals surface area contributed by atoms with Gasteiger partial charge in [-0.2, -0.15) is 0 Å². The quantitative estimate of drug-likeness (QED) is 0.562. The van der Waals surface area contributed by atoms with Gasteiger partial charge in [-0.25, -0.2) is 4.39 Å². The fourth-order valence-corrected chi connectivity index (χ4v) is 2.99. The Hall–Kier alpha value is -2.44. The van der Waals surface area contributed by atoms with E-state index in [2.05, 4.69) is 10.1 Å². The summed E-state index contributed by atoms with van der Waals surface area (Å²) in [6.07, 6.45) is 2.20. The first-order chi connectivity index (χ1) is 12.5. The van der Waals surface area contributed by atoms with Crippen LogP contribution in [0, 0.1) is 11.7 Å². The molecule has 1 aliphatic heterocycles. The van der Waals surface area contributed by atoms with Crippen LogP contribution >= 0.6 is 0 Å². The molecule has 0 radical (unpaired) electrons. The largest absolute Gasteiger partial charge is 0.469 e. The summed E-state index contributed by atoms with van der Waals surface area (Å²) >= 11 is 0. The Balaban J connectivity index is 1.78. The number of ether oxygens (including phenoxy) is 1. The maximum Gasteiger partial charge on any atom is 0.305 e. The molecule has 1 aromatic rings. The van der Waals surface area contributed by atoms with E-state index < -0.39 is 0 Å². The summed E-state index contributed by atoms with van der Waals surface area (Å²) in [5.41, 5.74) is 0.826. The minimum atomic E-state index is -0.300. The van der Waals surface area contributed by atoms with Crippen LogP contribution in [-0.2, 0) is 25.5 Å². The van der Waals surface area contributed by atoms with Crippen molar-refractivity contribution in [2.75, 3.05) is 26.7 Å². The molecule has 0 unspecified atom stereocenters. The van der Waals surface area contributed by atoms with E-state index in [0.717, 1.165) is 5.56 Å². The van der Waals surface area contributed by atoms with Crippen LogP contribution < -0.4 is 5.32 Å². The van der Waals surface area contributed by atoms with Gasteiger partial charge >= 0.3 is 5.97 Å². The van der Waals surface area contributed by atoms with Gasteiger partial charge in [-0.05, 0) is 37.0 Å². The van der Waals surface area contributed by atoms with E-state index in [1.807, 2.05) is 6.07 Å². The monoisotopic (exact) mass is 364 g/mol. The van der Waals surface area contributed by atoms with Crippen LogP contribution in [0.25, 0.3) is 0 Å². The first-order valence-corrected chi connectivity index (χ1v) is 8.86. The van der Waals surface area contributed by atoms with Gasteiger partial charge in [-0.1, -0.05) is 12.1 Å². The topological polar surface area (TPSA) is 75.7 Å². The number of nitrogens with zero attached hydrogens (tertiary/aromatic N) is 1. The normalized spacial score (nSPS) is 17.1. The summed E-state index contributed by atoms with van der Waals surface area (Å²) in [6, 6.07) is 6.31. The number of halogens is 1. The maximum atomic E-state index is 13.2. The van der Waals surface area contributed by atoms with Crippen molar-refractivity contribution in [2.45, 2.75) is 32.1 Å². The van der Waals surface area contributed by atoms with E-state index in [0.29, 0.717) is 45.3 Å². The van der Waals surface area contributed by atoms with Gasteiger partial charge in [0.1, 0.15) is 5.82 Å². The van der Waals surface area contributed by atoms with Crippen LogP contribution in [0.4, 0.5) is 4.39 Å². The number of carbonyl (C=O) groups is 3. The van der Waals surface area contributed by atoms with Crippen molar-refractivity contribution >= 4 is 17.8 Å². The lowest BCUT2D eigenvalue weighted by Gasteiger charge is -2.32. The minimum Gasteiger partial charge on any atom is -0.469 e. The van der Waals surface area contributed by atoms with Crippen LogP contribution in [-0.4, -0.2) is 49.4 Å². The van der Waals surface area contributed by atoms with Crippen LogP contribution in [0.2, 0.25) is 0 Å². The van der Waals surface area contributed by atoms with Gasteiger partial charge in [-0.3, -0.25) is 14.4 Å². The number of esters is 1. The molecule has 0 bridgehead atoms. The van der Waals surface area contributed by atoms with Gasteiger partial charge in [0.2, 0.25) is 11.8 Å². The maximum absolute atomic E-state index is 13.2. The Bertz CT molecular complexity index is 650. The Morgan fingerprint density at radius 3 is 2.92 bits per heavy atom. The first kappa shape index (κ1) is 19.9. The third-order valence-electron chi connectivity index (χ3n) is 4.51. The number of benzene rings is 1. The molecule has 1 aliphatic rings. The van der Waals surface area contributed by atoms with Crippen molar-refractivity contribution in [3.8, 4) is 0 Å². The molecule has 0 aromatic heterocycles. The van der Waals surface area contributed by atoms with Crippen LogP contribution in [0.5, 0.6) is 0 Å². The van der Waals surface area contributed by atoms with Gasteiger partial charge < -0.3 is 15.0 Å². The molecular formula is C19H25FN2O4. The SMILES string of the molecule is COC(=O)CCCNC(=O)[C@@H]1CCC(=O)N(CCc2cccc(F)c2)C1. The second kappa shape index (κ2) is 9.89. The van der Waals surface area contributed by atoms with Gasteiger partial charge in [0.05, 0.1) is 13.0 Å². The van der Waals surface area contributed by atoms with Crippen LogP contribution in [0.3, 0.4) is 0 Å². The number of amides is 2. The summed E-state index contributed by atoms with van der Waals surface area (Å²) < 4.78 is 17.8. The molecule has 0 saturated carbocycles. The molecule has 1 atom stereocenters. The van der Waals surface area contributed by atoms with E-state index in [1.165, 1.54) is 19.2 Å². The van der Waals surface area contributed by atoms with E-state index in [1.54, 1.807) is 11.0 Å². The molecule has 7 heteroatoms. The minimum absolute atomic E-state index is 0.0242. The summed E-state index contributed by atoms with van der Waals surface area (Å²) in [6.45, 7) is 1.24. The zero-order valence-corrected chi connectivity index (χ0v) is 15.0. The molecule has 1 heterocycles. The fraction of sp³-hybridized carbons (Fsp3) is 0.526. The summed E-state index contributed by atoms with van der Waals surface area (Å²) in [7, 11) is 1.33. The third kappa shape index (κ3) is 6.13. The van der Waals surface area contributed by atoms with E-state index >= 15 is 0 Å². The smallest absolute Gasteiger partial charge is 0.305 e. The summed E-state index contributed by atoms with van der Waals surface area (Å²) in [5, 5.41) is 2.81. The standard InChI is InChI=1S/C19H25FN2O4/c1-26-18(24)6-3-10-21-19(25)15-7-8-17(23)22(13-15)11-9-14-4-2-5-16(20)12-14/h2,4-5,12,15H,3,6-11,13H2,1H3,(H,21,25)/t15-/m1/s1. The lowest BCUT2D eigenvalue weighted by atomic mass is 9.96. The van der Waals surface area contributed by atoms with Crippen molar-refractivity contribution in [3.63, 3.8) is 0 Å². The Kier molecular flexibility index (Phi) is 7.56. The highest BCUT2D eigenvalue weighted by atomic mass is 19.1. The molecule has 1 saturated heterocycles. The second-order valence-corrected chi connectivity index (χ2v) is 6.43. The lowest BCUT2D eigenvalue weighted by molar-refractivity contribution is -0.141.